The van der Waals surface area contributed by atoms with Crippen molar-refractivity contribution in [3.63, 3.8) is 0 Å². The average Bonchev–Trinajstić information content (AvgIpc) is 2.78. The highest BCUT2D eigenvalue weighted by atomic mass is 79.9. The number of carbonyl (C=O) groups is 3. The van der Waals surface area contributed by atoms with E-state index in [0.717, 1.165) is 4.47 Å². The van der Waals surface area contributed by atoms with Gasteiger partial charge in [0.05, 0.1) is 5.69 Å². The standard InChI is InChI=1S/C23H17BrFNO5/c24-16-11-9-15(10-12-16)20(27)13-31-23(29)17-5-1-4-8-21(17)30-14-22(28)26-19-7-3-2-6-18(19)25/h1-12H,13-14H2,(H,26,28). The Labute approximate surface area is 186 Å². The predicted octanol–water partition coefficient (Wildman–Crippen LogP) is 4.65. The van der Waals surface area contributed by atoms with Gasteiger partial charge < -0.3 is 14.8 Å². The summed E-state index contributed by atoms with van der Waals surface area (Å²) < 4.78 is 25.0. The molecule has 0 unspecified atom stereocenters. The van der Waals surface area contributed by atoms with E-state index in [-0.39, 0.29) is 22.8 Å². The monoisotopic (exact) mass is 485 g/mol. The van der Waals surface area contributed by atoms with Crippen molar-refractivity contribution in [1.29, 1.82) is 0 Å². The fraction of sp³-hybridized carbons (Fsp3) is 0.0870. The molecular formula is C23H17BrFNO5. The Morgan fingerprint density at radius 1 is 0.871 bits per heavy atom. The van der Waals surface area contributed by atoms with E-state index in [1.54, 1.807) is 42.5 Å². The van der Waals surface area contributed by atoms with E-state index in [9.17, 15) is 18.8 Å². The van der Waals surface area contributed by atoms with Crippen LogP contribution in [0.3, 0.4) is 0 Å². The summed E-state index contributed by atoms with van der Waals surface area (Å²) in [6, 6.07) is 18.5. The average molecular weight is 486 g/mol. The number of anilines is 1. The van der Waals surface area contributed by atoms with Gasteiger partial charge in [-0.15, -0.1) is 0 Å². The molecule has 0 saturated carbocycles. The second kappa shape index (κ2) is 10.5. The van der Waals surface area contributed by atoms with Gasteiger partial charge in [0.1, 0.15) is 17.1 Å². The summed E-state index contributed by atoms with van der Waals surface area (Å²) in [6.07, 6.45) is 0. The van der Waals surface area contributed by atoms with Crippen molar-refractivity contribution in [2.24, 2.45) is 0 Å². The van der Waals surface area contributed by atoms with Crippen LogP contribution >= 0.6 is 15.9 Å². The molecule has 0 aliphatic rings. The van der Waals surface area contributed by atoms with Gasteiger partial charge in [-0.1, -0.05) is 52.3 Å². The second-order valence-corrected chi connectivity index (χ2v) is 7.23. The number of Topliss-reactive ketones (excluding diaryl/α,β-unsaturated/α-hetero) is 1. The Morgan fingerprint density at radius 3 is 2.29 bits per heavy atom. The summed E-state index contributed by atoms with van der Waals surface area (Å²) in [4.78, 5) is 36.7. The molecule has 0 saturated heterocycles. The molecule has 3 rings (SSSR count). The van der Waals surface area contributed by atoms with Crippen LogP contribution in [0.1, 0.15) is 20.7 Å². The van der Waals surface area contributed by atoms with Gasteiger partial charge in [-0.3, -0.25) is 9.59 Å². The summed E-state index contributed by atoms with van der Waals surface area (Å²) in [6.45, 7) is -0.890. The molecule has 0 atom stereocenters. The van der Waals surface area contributed by atoms with Crippen molar-refractivity contribution in [1.82, 2.24) is 0 Å². The van der Waals surface area contributed by atoms with Gasteiger partial charge in [0.2, 0.25) is 0 Å². The zero-order valence-electron chi connectivity index (χ0n) is 16.1. The molecule has 6 nitrogen and oxygen atoms in total. The van der Waals surface area contributed by atoms with Crippen LogP contribution in [0.4, 0.5) is 10.1 Å². The SMILES string of the molecule is O=C(COc1ccccc1C(=O)OCC(=O)c1ccc(Br)cc1)Nc1ccccc1F. The lowest BCUT2D eigenvalue weighted by molar-refractivity contribution is -0.118. The summed E-state index contributed by atoms with van der Waals surface area (Å²) >= 11 is 3.28. The van der Waals surface area contributed by atoms with Crippen LogP contribution in [-0.2, 0) is 9.53 Å². The minimum atomic E-state index is -0.768. The molecule has 0 radical (unpaired) electrons. The molecule has 3 aromatic carbocycles. The van der Waals surface area contributed by atoms with Crippen LogP contribution < -0.4 is 10.1 Å². The number of hydrogen-bond acceptors (Lipinski definition) is 5. The summed E-state index contributed by atoms with van der Waals surface area (Å²) in [5.41, 5.74) is 0.491. The van der Waals surface area contributed by atoms with E-state index in [4.69, 9.17) is 9.47 Å². The number of halogens is 2. The number of ether oxygens (including phenoxy) is 2. The normalized spacial score (nSPS) is 10.3. The van der Waals surface area contributed by atoms with E-state index >= 15 is 0 Å². The molecule has 1 N–H and O–H groups in total. The van der Waals surface area contributed by atoms with Crippen LogP contribution in [0, 0.1) is 5.82 Å². The van der Waals surface area contributed by atoms with E-state index in [1.165, 1.54) is 30.3 Å². The number of ketones is 1. The first-order valence-corrected chi connectivity index (χ1v) is 9.95. The van der Waals surface area contributed by atoms with Crippen molar-refractivity contribution in [2.75, 3.05) is 18.5 Å². The highest BCUT2D eigenvalue weighted by Crippen LogP contribution is 2.20. The van der Waals surface area contributed by atoms with Gasteiger partial charge in [0, 0.05) is 10.0 Å². The summed E-state index contributed by atoms with van der Waals surface area (Å²) in [5, 5.41) is 2.39. The van der Waals surface area contributed by atoms with Crippen molar-refractivity contribution in [2.45, 2.75) is 0 Å². The molecule has 0 aliphatic carbocycles. The maximum absolute atomic E-state index is 13.6. The number of benzene rings is 3. The van der Waals surface area contributed by atoms with Crippen LogP contribution in [-0.4, -0.2) is 30.9 Å². The minimum Gasteiger partial charge on any atom is -0.483 e. The first-order valence-electron chi connectivity index (χ1n) is 9.16. The van der Waals surface area contributed by atoms with E-state index in [0.29, 0.717) is 5.56 Å². The first kappa shape index (κ1) is 22.2. The molecule has 1 amide bonds. The van der Waals surface area contributed by atoms with Gasteiger partial charge in [0.15, 0.2) is 19.0 Å². The highest BCUT2D eigenvalue weighted by Gasteiger charge is 2.17. The van der Waals surface area contributed by atoms with Crippen molar-refractivity contribution in [3.8, 4) is 5.75 Å². The summed E-state index contributed by atoms with van der Waals surface area (Å²) in [7, 11) is 0. The van der Waals surface area contributed by atoms with E-state index < -0.39 is 30.9 Å². The molecule has 0 aliphatic heterocycles. The lowest BCUT2D eigenvalue weighted by Gasteiger charge is -2.11. The molecular weight excluding hydrogens is 469 g/mol. The van der Waals surface area contributed by atoms with Crippen LogP contribution in [0.25, 0.3) is 0 Å². The van der Waals surface area contributed by atoms with Crippen LogP contribution in [0.5, 0.6) is 5.75 Å². The number of hydrogen-bond donors (Lipinski definition) is 1. The van der Waals surface area contributed by atoms with Crippen molar-refractivity contribution < 1.29 is 28.2 Å². The Balaban J connectivity index is 1.58. The zero-order valence-corrected chi connectivity index (χ0v) is 17.7. The lowest BCUT2D eigenvalue weighted by atomic mass is 10.1. The van der Waals surface area contributed by atoms with Crippen LogP contribution in [0.15, 0.2) is 77.3 Å². The Kier molecular flexibility index (Phi) is 7.50. The third kappa shape index (κ3) is 6.23. The van der Waals surface area contributed by atoms with Gasteiger partial charge in [0.25, 0.3) is 5.91 Å². The minimum absolute atomic E-state index is 0.0234. The first-order chi connectivity index (χ1) is 14.9. The fourth-order valence-corrected chi connectivity index (χ4v) is 2.85. The molecule has 0 heterocycles. The maximum atomic E-state index is 13.6. The number of amides is 1. The Hall–Kier alpha value is -3.52. The molecule has 158 valence electrons. The van der Waals surface area contributed by atoms with E-state index in [1.807, 2.05) is 0 Å². The van der Waals surface area contributed by atoms with Gasteiger partial charge in [-0.2, -0.15) is 0 Å². The zero-order chi connectivity index (χ0) is 22.2. The number of nitrogens with one attached hydrogen (secondary N) is 1. The molecule has 0 aromatic heterocycles. The molecule has 0 spiro atoms. The number of para-hydroxylation sites is 2. The maximum Gasteiger partial charge on any atom is 0.342 e. The number of esters is 1. The smallest absolute Gasteiger partial charge is 0.342 e. The van der Waals surface area contributed by atoms with Crippen LogP contribution in [0.2, 0.25) is 0 Å². The molecule has 8 heteroatoms. The Morgan fingerprint density at radius 2 is 1.55 bits per heavy atom. The largest absolute Gasteiger partial charge is 0.483 e. The van der Waals surface area contributed by atoms with Gasteiger partial charge in [-0.25, -0.2) is 9.18 Å². The molecule has 31 heavy (non-hydrogen) atoms. The number of carbonyl (C=O) groups excluding carboxylic acids is 3. The molecule has 0 fully saturated rings. The van der Waals surface area contributed by atoms with Crippen molar-refractivity contribution >= 4 is 39.3 Å². The third-order valence-corrected chi connectivity index (χ3v) is 4.64. The third-order valence-electron chi connectivity index (χ3n) is 4.11. The molecule has 0 bridgehead atoms. The predicted molar refractivity (Wildman–Crippen MR) is 116 cm³/mol. The lowest BCUT2D eigenvalue weighted by Crippen LogP contribution is -2.22. The van der Waals surface area contributed by atoms with Gasteiger partial charge >= 0.3 is 5.97 Å². The highest BCUT2D eigenvalue weighted by molar-refractivity contribution is 9.10. The van der Waals surface area contributed by atoms with E-state index in [2.05, 4.69) is 21.2 Å². The number of rotatable bonds is 8. The van der Waals surface area contributed by atoms with Gasteiger partial charge in [-0.05, 0) is 36.4 Å². The quantitative estimate of drug-likeness (QED) is 0.371. The molecule has 3 aromatic rings. The fourth-order valence-electron chi connectivity index (χ4n) is 2.58. The second-order valence-electron chi connectivity index (χ2n) is 6.32. The van der Waals surface area contributed by atoms with Crippen molar-refractivity contribution in [3.05, 3.63) is 94.2 Å². The Bertz CT molecular complexity index is 1100. The summed E-state index contributed by atoms with van der Waals surface area (Å²) in [5.74, 6) is -2.19. The topological polar surface area (TPSA) is 81.7 Å².